The summed E-state index contributed by atoms with van der Waals surface area (Å²) in [5, 5.41) is 11.2. The third-order valence-corrected chi connectivity index (χ3v) is 1.95. The molecule has 1 atom stereocenters. The molecule has 0 fully saturated rings. The lowest BCUT2D eigenvalue weighted by molar-refractivity contribution is -0.138. The van der Waals surface area contributed by atoms with Crippen molar-refractivity contribution in [2.24, 2.45) is 0 Å². The Labute approximate surface area is 99.4 Å². The van der Waals surface area contributed by atoms with Crippen LogP contribution >= 0.6 is 0 Å². The lowest BCUT2D eigenvalue weighted by Gasteiger charge is -2.13. The van der Waals surface area contributed by atoms with Crippen LogP contribution in [0.5, 0.6) is 5.75 Å². The number of amides is 1. The fraction of sp³-hybridized carbons (Fsp3) is 0.333. The summed E-state index contributed by atoms with van der Waals surface area (Å²) in [5.41, 5.74) is 0.623. The van der Waals surface area contributed by atoms with E-state index in [4.69, 9.17) is 9.84 Å². The van der Waals surface area contributed by atoms with Gasteiger partial charge in [0.15, 0.2) is 0 Å². The monoisotopic (exact) mass is 237 g/mol. The van der Waals surface area contributed by atoms with Crippen molar-refractivity contribution in [1.82, 2.24) is 0 Å². The van der Waals surface area contributed by atoms with Crippen molar-refractivity contribution in [3.63, 3.8) is 0 Å². The Kier molecular flexibility index (Phi) is 4.51. The maximum atomic E-state index is 10.9. The summed E-state index contributed by atoms with van der Waals surface area (Å²) >= 11 is 0. The summed E-state index contributed by atoms with van der Waals surface area (Å²) in [6, 6.07) is 6.83. The van der Waals surface area contributed by atoms with E-state index in [0.29, 0.717) is 11.4 Å². The molecule has 2 N–H and O–H groups in total. The van der Waals surface area contributed by atoms with Crippen molar-refractivity contribution < 1.29 is 19.4 Å². The Morgan fingerprint density at radius 3 is 2.76 bits per heavy atom. The van der Waals surface area contributed by atoms with Gasteiger partial charge in [-0.05, 0) is 19.1 Å². The van der Waals surface area contributed by atoms with Crippen LogP contribution in [0.2, 0.25) is 0 Å². The number of rotatable bonds is 5. The van der Waals surface area contributed by atoms with Crippen LogP contribution in [-0.4, -0.2) is 23.1 Å². The molecule has 5 heteroatoms. The average Bonchev–Trinajstić information content (AvgIpc) is 2.14. The topological polar surface area (TPSA) is 75.6 Å². The number of carboxylic acid groups (broad SMARTS) is 1. The molecule has 0 unspecified atom stereocenters. The molecule has 1 aromatic carbocycles. The highest BCUT2D eigenvalue weighted by Crippen LogP contribution is 2.19. The van der Waals surface area contributed by atoms with Crippen molar-refractivity contribution in [3.05, 3.63) is 24.3 Å². The van der Waals surface area contributed by atoms with E-state index in [1.807, 2.05) is 0 Å². The summed E-state index contributed by atoms with van der Waals surface area (Å²) in [6.07, 6.45) is -0.482. The van der Waals surface area contributed by atoms with Crippen molar-refractivity contribution >= 4 is 17.6 Å². The molecule has 0 saturated heterocycles. The number of hydrogen-bond donors (Lipinski definition) is 2. The minimum atomic E-state index is -0.907. The predicted molar refractivity (Wildman–Crippen MR) is 63.1 cm³/mol. The second-order valence-corrected chi connectivity index (χ2v) is 3.74. The first-order chi connectivity index (χ1) is 7.97. The molecule has 0 aliphatic carbocycles. The van der Waals surface area contributed by atoms with Crippen molar-refractivity contribution in [2.75, 3.05) is 5.32 Å². The van der Waals surface area contributed by atoms with Crippen LogP contribution in [0.25, 0.3) is 0 Å². The molecule has 0 saturated carbocycles. The van der Waals surface area contributed by atoms with Gasteiger partial charge in [-0.2, -0.15) is 0 Å². The SMILES string of the molecule is CC(=O)Nc1cccc(O[C@@H](C)CC(=O)O)c1. The molecule has 5 nitrogen and oxygen atoms in total. The Morgan fingerprint density at radius 2 is 2.18 bits per heavy atom. The number of nitrogens with one attached hydrogen (secondary N) is 1. The molecule has 0 radical (unpaired) electrons. The molecule has 1 rings (SSSR count). The first kappa shape index (κ1) is 13.0. The normalized spacial score (nSPS) is 11.6. The number of hydrogen-bond acceptors (Lipinski definition) is 3. The minimum absolute atomic E-state index is 0.0651. The van der Waals surface area contributed by atoms with Crippen LogP contribution in [0, 0.1) is 0 Å². The van der Waals surface area contributed by atoms with Gasteiger partial charge in [0, 0.05) is 18.7 Å². The van der Waals surface area contributed by atoms with E-state index < -0.39 is 12.1 Å². The Morgan fingerprint density at radius 1 is 1.47 bits per heavy atom. The highest BCUT2D eigenvalue weighted by molar-refractivity contribution is 5.88. The Hall–Kier alpha value is -2.04. The zero-order valence-electron chi connectivity index (χ0n) is 9.77. The van der Waals surface area contributed by atoms with E-state index >= 15 is 0 Å². The molecule has 0 aliphatic heterocycles. The number of aliphatic carboxylic acids is 1. The molecule has 17 heavy (non-hydrogen) atoms. The van der Waals surface area contributed by atoms with Crippen LogP contribution in [0.3, 0.4) is 0 Å². The molecular formula is C12H15NO4. The zero-order chi connectivity index (χ0) is 12.8. The van der Waals surface area contributed by atoms with Gasteiger partial charge in [0.1, 0.15) is 11.9 Å². The second kappa shape index (κ2) is 5.89. The van der Waals surface area contributed by atoms with E-state index in [2.05, 4.69) is 5.32 Å². The Balaban J connectivity index is 2.65. The van der Waals surface area contributed by atoms with Crippen molar-refractivity contribution in [3.8, 4) is 5.75 Å². The fourth-order valence-electron chi connectivity index (χ4n) is 1.37. The molecule has 0 spiro atoms. The van der Waals surface area contributed by atoms with Crippen LogP contribution < -0.4 is 10.1 Å². The molecule has 1 amide bonds. The maximum Gasteiger partial charge on any atom is 0.307 e. The van der Waals surface area contributed by atoms with Gasteiger partial charge < -0.3 is 15.2 Å². The molecule has 0 aromatic heterocycles. The third kappa shape index (κ3) is 5.01. The first-order valence-corrected chi connectivity index (χ1v) is 5.23. The van der Waals surface area contributed by atoms with Crippen LogP contribution in [0.1, 0.15) is 20.3 Å². The van der Waals surface area contributed by atoms with E-state index in [0.717, 1.165) is 0 Å². The number of benzene rings is 1. The van der Waals surface area contributed by atoms with Gasteiger partial charge in [0.25, 0.3) is 0 Å². The minimum Gasteiger partial charge on any atom is -0.490 e. The van der Waals surface area contributed by atoms with Crippen LogP contribution in [0.15, 0.2) is 24.3 Å². The van der Waals surface area contributed by atoms with Gasteiger partial charge in [0.2, 0.25) is 5.91 Å². The van der Waals surface area contributed by atoms with Gasteiger partial charge in [-0.15, -0.1) is 0 Å². The van der Waals surface area contributed by atoms with E-state index in [9.17, 15) is 9.59 Å². The fourth-order valence-corrected chi connectivity index (χ4v) is 1.37. The van der Waals surface area contributed by atoms with Crippen molar-refractivity contribution in [1.29, 1.82) is 0 Å². The highest BCUT2D eigenvalue weighted by atomic mass is 16.5. The summed E-state index contributed by atoms with van der Waals surface area (Å²) in [5.74, 6) is -0.541. The number of anilines is 1. The number of carbonyl (C=O) groups excluding carboxylic acids is 1. The summed E-state index contributed by atoms with van der Waals surface area (Å²) in [4.78, 5) is 21.3. The van der Waals surface area contributed by atoms with Crippen LogP contribution in [-0.2, 0) is 9.59 Å². The lowest BCUT2D eigenvalue weighted by atomic mass is 10.2. The van der Waals surface area contributed by atoms with Gasteiger partial charge in [-0.25, -0.2) is 0 Å². The first-order valence-electron chi connectivity index (χ1n) is 5.23. The molecule has 0 bridgehead atoms. The van der Waals surface area contributed by atoms with Crippen LogP contribution in [0.4, 0.5) is 5.69 Å². The van der Waals surface area contributed by atoms with Gasteiger partial charge in [-0.3, -0.25) is 9.59 Å². The molecular weight excluding hydrogens is 222 g/mol. The summed E-state index contributed by atoms with van der Waals surface area (Å²) in [7, 11) is 0. The smallest absolute Gasteiger partial charge is 0.307 e. The lowest BCUT2D eigenvalue weighted by Crippen LogP contribution is -2.16. The Bertz CT molecular complexity index is 417. The third-order valence-electron chi connectivity index (χ3n) is 1.95. The van der Waals surface area contributed by atoms with E-state index in [1.165, 1.54) is 6.92 Å². The molecule has 92 valence electrons. The molecule has 0 heterocycles. The second-order valence-electron chi connectivity index (χ2n) is 3.74. The summed E-state index contributed by atoms with van der Waals surface area (Å²) in [6.45, 7) is 3.10. The van der Waals surface area contributed by atoms with E-state index in [1.54, 1.807) is 31.2 Å². The number of ether oxygens (including phenoxy) is 1. The largest absolute Gasteiger partial charge is 0.490 e. The number of carbonyl (C=O) groups is 2. The van der Waals surface area contributed by atoms with Gasteiger partial charge in [0.05, 0.1) is 6.42 Å². The van der Waals surface area contributed by atoms with Gasteiger partial charge >= 0.3 is 5.97 Å². The van der Waals surface area contributed by atoms with E-state index in [-0.39, 0.29) is 12.3 Å². The number of carboxylic acids is 1. The maximum absolute atomic E-state index is 10.9. The van der Waals surface area contributed by atoms with Crippen molar-refractivity contribution in [2.45, 2.75) is 26.4 Å². The quantitative estimate of drug-likeness (QED) is 0.819. The zero-order valence-corrected chi connectivity index (χ0v) is 9.77. The molecule has 0 aliphatic rings. The highest BCUT2D eigenvalue weighted by Gasteiger charge is 2.09. The molecule has 1 aromatic rings. The summed E-state index contributed by atoms with van der Waals surface area (Å²) < 4.78 is 5.42. The predicted octanol–water partition coefficient (Wildman–Crippen LogP) is 1.89. The standard InChI is InChI=1S/C12H15NO4/c1-8(6-12(15)16)17-11-5-3-4-10(7-11)13-9(2)14/h3-5,7-8H,6H2,1-2H3,(H,13,14)(H,15,16)/t8-/m0/s1. The van der Waals surface area contributed by atoms with Gasteiger partial charge in [-0.1, -0.05) is 6.07 Å². The average molecular weight is 237 g/mol.